The highest BCUT2D eigenvalue weighted by atomic mass is 35.5. The summed E-state index contributed by atoms with van der Waals surface area (Å²) >= 11 is 5.82. The molecule has 0 aliphatic rings. The summed E-state index contributed by atoms with van der Waals surface area (Å²) in [5, 5.41) is -0.226. The van der Waals surface area contributed by atoms with Crippen LogP contribution in [0.3, 0.4) is 0 Å². The van der Waals surface area contributed by atoms with E-state index < -0.39 is 23.4 Å². The molecule has 0 unspecified atom stereocenters. The Morgan fingerprint density at radius 1 is 1.00 bits per heavy atom. The molecule has 0 saturated heterocycles. The summed E-state index contributed by atoms with van der Waals surface area (Å²) in [6, 6.07) is 6.56. The minimum absolute atomic E-state index is 0.108. The standard InChI is InChI=1S/C16H10ClF5/c1-9-2-3-11(14(18)6-9)10-7-13(17)12(15(19)8-10)4-5-16(20,21)22/h2-8H,1H3. The van der Waals surface area contributed by atoms with E-state index in [4.69, 9.17) is 11.6 Å². The zero-order valence-electron chi connectivity index (χ0n) is 11.3. The van der Waals surface area contributed by atoms with Crippen LogP contribution in [0.1, 0.15) is 11.1 Å². The van der Waals surface area contributed by atoms with Gasteiger partial charge in [0.2, 0.25) is 0 Å². The van der Waals surface area contributed by atoms with Crippen molar-refractivity contribution in [1.82, 2.24) is 0 Å². The SMILES string of the molecule is Cc1ccc(-c2cc(F)c(C=CC(F)(F)F)c(Cl)c2)c(F)c1. The largest absolute Gasteiger partial charge is 0.409 e. The summed E-state index contributed by atoms with van der Waals surface area (Å²) < 4.78 is 64.2. The van der Waals surface area contributed by atoms with Crippen LogP contribution in [0.4, 0.5) is 22.0 Å². The van der Waals surface area contributed by atoms with Crippen molar-refractivity contribution in [2.24, 2.45) is 0 Å². The first kappa shape index (κ1) is 16.5. The van der Waals surface area contributed by atoms with Crippen LogP contribution in [0.25, 0.3) is 17.2 Å². The lowest BCUT2D eigenvalue weighted by atomic mass is 10.0. The van der Waals surface area contributed by atoms with Crippen LogP contribution >= 0.6 is 11.6 Å². The van der Waals surface area contributed by atoms with Gasteiger partial charge >= 0.3 is 6.18 Å². The molecular formula is C16H10ClF5. The lowest BCUT2D eigenvalue weighted by molar-refractivity contribution is -0.0790. The summed E-state index contributed by atoms with van der Waals surface area (Å²) in [6.07, 6.45) is -4.13. The minimum atomic E-state index is -4.57. The number of rotatable bonds is 2. The average Bonchev–Trinajstić information content (AvgIpc) is 2.36. The Balaban J connectivity index is 2.48. The predicted molar refractivity (Wildman–Crippen MR) is 76.6 cm³/mol. The van der Waals surface area contributed by atoms with E-state index in [1.54, 1.807) is 13.0 Å². The summed E-state index contributed by atoms with van der Waals surface area (Å²) in [7, 11) is 0. The molecule has 0 aliphatic carbocycles. The van der Waals surface area contributed by atoms with Crippen molar-refractivity contribution >= 4 is 17.7 Å². The highest BCUT2D eigenvalue weighted by Crippen LogP contribution is 2.31. The molecule has 0 aliphatic heterocycles. The van der Waals surface area contributed by atoms with Crippen LogP contribution in [0.5, 0.6) is 0 Å². The van der Waals surface area contributed by atoms with Crippen LogP contribution in [-0.2, 0) is 0 Å². The van der Waals surface area contributed by atoms with Crippen LogP contribution in [0.15, 0.2) is 36.4 Å². The van der Waals surface area contributed by atoms with Gasteiger partial charge < -0.3 is 0 Å². The Hall–Kier alpha value is -1.88. The molecule has 0 nitrogen and oxygen atoms in total. The summed E-state index contributed by atoms with van der Waals surface area (Å²) in [5.41, 5.74) is 0.578. The van der Waals surface area contributed by atoms with Gasteiger partial charge in [-0.25, -0.2) is 8.78 Å². The van der Waals surface area contributed by atoms with E-state index in [-0.39, 0.29) is 22.2 Å². The Kier molecular flexibility index (Phi) is 4.56. The second-order valence-electron chi connectivity index (χ2n) is 4.71. The van der Waals surface area contributed by atoms with Crippen molar-refractivity contribution in [1.29, 1.82) is 0 Å². The fourth-order valence-electron chi connectivity index (χ4n) is 1.93. The van der Waals surface area contributed by atoms with E-state index >= 15 is 0 Å². The van der Waals surface area contributed by atoms with Crippen LogP contribution < -0.4 is 0 Å². The maximum absolute atomic E-state index is 14.0. The average molecular weight is 333 g/mol. The van der Waals surface area contributed by atoms with E-state index in [2.05, 4.69) is 0 Å². The molecule has 22 heavy (non-hydrogen) atoms. The summed E-state index contributed by atoms with van der Waals surface area (Å²) in [5.74, 6) is -1.52. The third kappa shape index (κ3) is 3.85. The fourth-order valence-corrected chi connectivity index (χ4v) is 2.20. The van der Waals surface area contributed by atoms with E-state index in [1.165, 1.54) is 18.2 Å². The Bertz CT molecular complexity index is 709. The van der Waals surface area contributed by atoms with Gasteiger partial charge in [-0.1, -0.05) is 23.7 Å². The fraction of sp³-hybridized carbons (Fsp3) is 0.125. The Morgan fingerprint density at radius 2 is 1.68 bits per heavy atom. The van der Waals surface area contributed by atoms with Gasteiger partial charge in [0.05, 0.1) is 5.02 Å². The van der Waals surface area contributed by atoms with E-state index in [0.717, 1.165) is 6.07 Å². The monoisotopic (exact) mass is 332 g/mol. The van der Waals surface area contributed by atoms with Gasteiger partial charge in [0.15, 0.2) is 0 Å². The molecule has 0 spiro atoms. The summed E-state index contributed by atoms with van der Waals surface area (Å²) in [4.78, 5) is 0. The van der Waals surface area contributed by atoms with Crippen LogP contribution in [-0.4, -0.2) is 6.18 Å². The van der Waals surface area contributed by atoms with Crippen molar-refractivity contribution in [3.05, 3.63) is 64.2 Å². The van der Waals surface area contributed by atoms with Gasteiger partial charge in [-0.15, -0.1) is 0 Å². The molecule has 0 heterocycles. The van der Waals surface area contributed by atoms with E-state index in [1.807, 2.05) is 0 Å². The molecule has 0 bridgehead atoms. The normalized spacial score (nSPS) is 12.1. The van der Waals surface area contributed by atoms with Gasteiger partial charge in [-0.2, -0.15) is 13.2 Å². The second kappa shape index (κ2) is 6.08. The summed E-state index contributed by atoms with van der Waals surface area (Å²) in [6.45, 7) is 1.70. The molecule has 0 amide bonds. The molecule has 2 aromatic carbocycles. The zero-order chi connectivity index (χ0) is 16.5. The van der Waals surface area contributed by atoms with E-state index in [9.17, 15) is 22.0 Å². The number of benzene rings is 2. The first-order chi connectivity index (χ1) is 10.2. The smallest absolute Gasteiger partial charge is 0.206 e. The first-order valence-corrected chi connectivity index (χ1v) is 6.57. The third-order valence-electron chi connectivity index (χ3n) is 2.95. The molecular weight excluding hydrogens is 323 g/mol. The van der Waals surface area contributed by atoms with Crippen molar-refractivity contribution in [3.8, 4) is 11.1 Å². The van der Waals surface area contributed by atoms with Gasteiger partial charge in [0.1, 0.15) is 11.6 Å². The van der Waals surface area contributed by atoms with Gasteiger partial charge in [-0.3, -0.25) is 0 Å². The molecule has 2 aromatic rings. The molecule has 0 fully saturated rings. The van der Waals surface area contributed by atoms with Gasteiger partial charge in [-0.05, 0) is 42.3 Å². The molecule has 116 valence electrons. The zero-order valence-corrected chi connectivity index (χ0v) is 12.1. The van der Waals surface area contributed by atoms with Crippen molar-refractivity contribution in [2.45, 2.75) is 13.1 Å². The van der Waals surface area contributed by atoms with Crippen LogP contribution in [0.2, 0.25) is 5.02 Å². The number of aryl methyl sites for hydroxylation is 1. The quantitative estimate of drug-likeness (QED) is 0.577. The third-order valence-corrected chi connectivity index (χ3v) is 3.27. The molecule has 0 atom stereocenters. The molecule has 0 radical (unpaired) electrons. The lowest BCUT2D eigenvalue weighted by Crippen LogP contribution is -2.00. The molecule has 0 N–H and O–H groups in total. The van der Waals surface area contributed by atoms with Crippen molar-refractivity contribution < 1.29 is 22.0 Å². The highest BCUT2D eigenvalue weighted by Gasteiger charge is 2.22. The molecule has 0 aromatic heterocycles. The number of halogens is 6. The minimum Gasteiger partial charge on any atom is -0.206 e. The molecule has 6 heteroatoms. The number of hydrogen-bond donors (Lipinski definition) is 0. The van der Waals surface area contributed by atoms with Crippen LogP contribution in [0, 0.1) is 18.6 Å². The first-order valence-electron chi connectivity index (χ1n) is 6.19. The van der Waals surface area contributed by atoms with Gasteiger partial charge in [0.25, 0.3) is 0 Å². The van der Waals surface area contributed by atoms with Gasteiger partial charge in [0, 0.05) is 17.2 Å². The van der Waals surface area contributed by atoms with Crippen molar-refractivity contribution in [3.63, 3.8) is 0 Å². The highest BCUT2D eigenvalue weighted by molar-refractivity contribution is 6.32. The number of allylic oxidation sites excluding steroid dienone is 1. The maximum atomic E-state index is 14.0. The molecule has 0 saturated carbocycles. The second-order valence-corrected chi connectivity index (χ2v) is 5.12. The lowest BCUT2D eigenvalue weighted by Gasteiger charge is -2.08. The number of alkyl halides is 3. The topological polar surface area (TPSA) is 0 Å². The predicted octanol–water partition coefficient (Wildman–Crippen LogP) is 6.17. The Morgan fingerprint density at radius 3 is 2.23 bits per heavy atom. The van der Waals surface area contributed by atoms with E-state index in [0.29, 0.717) is 11.6 Å². The maximum Gasteiger partial charge on any atom is 0.409 e. The Labute approximate surface area is 128 Å². The molecule has 2 rings (SSSR count). The van der Waals surface area contributed by atoms with Crippen molar-refractivity contribution in [2.75, 3.05) is 0 Å². The number of hydrogen-bond acceptors (Lipinski definition) is 0.